The van der Waals surface area contributed by atoms with Gasteiger partial charge in [0.1, 0.15) is 12.4 Å². The highest BCUT2D eigenvalue weighted by Gasteiger charge is 2.10. The van der Waals surface area contributed by atoms with Gasteiger partial charge in [-0.1, -0.05) is 12.1 Å². The second-order valence-electron chi connectivity index (χ2n) is 6.03. The van der Waals surface area contributed by atoms with Gasteiger partial charge in [0.05, 0.1) is 12.0 Å². The summed E-state index contributed by atoms with van der Waals surface area (Å²) in [5.41, 5.74) is 1.07. The Morgan fingerprint density at radius 2 is 1.68 bits per heavy atom. The Morgan fingerprint density at radius 3 is 2.29 bits per heavy atom. The van der Waals surface area contributed by atoms with Crippen LogP contribution in [0.15, 0.2) is 65.7 Å². The fourth-order valence-electron chi connectivity index (χ4n) is 2.56. The molecule has 1 aromatic heterocycles. The summed E-state index contributed by atoms with van der Waals surface area (Å²) in [6.07, 6.45) is 1.21. The van der Waals surface area contributed by atoms with Gasteiger partial charge in [-0.25, -0.2) is 9.37 Å². The first kappa shape index (κ1) is 19.0. The number of nitrogens with zero attached hydrogens (tertiary/aromatic N) is 2. The summed E-state index contributed by atoms with van der Waals surface area (Å²) in [4.78, 5) is 39.5. The van der Waals surface area contributed by atoms with Gasteiger partial charge in [0, 0.05) is 29.9 Å². The number of carbonyl (C=O) groups is 2. The van der Waals surface area contributed by atoms with E-state index in [-0.39, 0.29) is 23.7 Å². The van der Waals surface area contributed by atoms with Crippen molar-refractivity contribution >= 4 is 23.2 Å². The molecule has 2 N–H and O–H groups in total. The van der Waals surface area contributed by atoms with Crippen LogP contribution in [0.25, 0.3) is 11.3 Å². The summed E-state index contributed by atoms with van der Waals surface area (Å²) < 4.78 is 15.0. The number of anilines is 2. The lowest BCUT2D eigenvalue weighted by atomic mass is 10.1. The van der Waals surface area contributed by atoms with Crippen LogP contribution in [0.5, 0.6) is 0 Å². The zero-order valence-corrected chi connectivity index (χ0v) is 15.0. The number of amides is 2. The molecule has 142 valence electrons. The van der Waals surface area contributed by atoms with E-state index in [1.54, 1.807) is 36.4 Å². The van der Waals surface area contributed by atoms with E-state index in [1.807, 2.05) is 0 Å². The molecule has 3 rings (SSSR count). The van der Waals surface area contributed by atoms with Crippen molar-refractivity contribution in [2.45, 2.75) is 13.5 Å². The van der Waals surface area contributed by atoms with Crippen molar-refractivity contribution in [3.05, 3.63) is 77.1 Å². The van der Waals surface area contributed by atoms with Crippen molar-refractivity contribution in [3.8, 4) is 11.3 Å². The molecule has 2 amide bonds. The number of hydrogen-bond donors (Lipinski definition) is 2. The number of hydrogen-bond acceptors (Lipinski definition) is 4. The van der Waals surface area contributed by atoms with Crippen LogP contribution in [0.2, 0.25) is 0 Å². The number of rotatable bonds is 5. The van der Waals surface area contributed by atoms with Crippen molar-refractivity contribution in [2.24, 2.45) is 0 Å². The van der Waals surface area contributed by atoms with Gasteiger partial charge in [0.15, 0.2) is 0 Å². The van der Waals surface area contributed by atoms with Gasteiger partial charge in [-0.15, -0.1) is 0 Å². The Labute approximate surface area is 159 Å². The first-order chi connectivity index (χ1) is 13.4. The first-order valence-electron chi connectivity index (χ1n) is 8.41. The number of halogens is 1. The minimum Gasteiger partial charge on any atom is -0.326 e. The van der Waals surface area contributed by atoms with Crippen LogP contribution in [-0.2, 0) is 16.1 Å². The number of carbonyl (C=O) groups excluding carboxylic acids is 2. The molecule has 0 aliphatic heterocycles. The van der Waals surface area contributed by atoms with E-state index in [2.05, 4.69) is 15.6 Å². The number of aromatic nitrogens is 2. The van der Waals surface area contributed by atoms with Gasteiger partial charge in [-0.3, -0.25) is 19.0 Å². The Hall–Kier alpha value is -3.81. The van der Waals surface area contributed by atoms with Gasteiger partial charge in [-0.05, 0) is 36.4 Å². The van der Waals surface area contributed by atoms with Crippen LogP contribution in [0.3, 0.4) is 0 Å². The zero-order valence-electron chi connectivity index (χ0n) is 15.0. The summed E-state index contributed by atoms with van der Waals surface area (Å²) in [5, 5.41) is 5.28. The highest BCUT2D eigenvalue weighted by atomic mass is 19.1. The van der Waals surface area contributed by atoms with Gasteiger partial charge in [0.2, 0.25) is 11.8 Å². The van der Waals surface area contributed by atoms with Crippen LogP contribution >= 0.6 is 0 Å². The standard InChI is InChI=1S/C20H17FN4O3/c1-13(26)23-14-6-8-15(9-7-14)24-19(27)11-25-12-22-18(10-20(25)28)16-4-2-3-5-17(16)21/h2-10,12H,11H2,1H3,(H,23,26)(H,24,27). The topological polar surface area (TPSA) is 93.1 Å². The lowest BCUT2D eigenvalue weighted by Crippen LogP contribution is -2.27. The van der Waals surface area contributed by atoms with Crippen LogP contribution in [-0.4, -0.2) is 21.4 Å². The second kappa shape index (κ2) is 8.26. The Kier molecular flexibility index (Phi) is 5.59. The van der Waals surface area contributed by atoms with Crippen molar-refractivity contribution in [3.63, 3.8) is 0 Å². The highest BCUT2D eigenvalue weighted by Crippen LogP contribution is 2.18. The van der Waals surface area contributed by atoms with Crippen LogP contribution < -0.4 is 16.2 Å². The third kappa shape index (κ3) is 4.67. The second-order valence-corrected chi connectivity index (χ2v) is 6.03. The molecule has 28 heavy (non-hydrogen) atoms. The average Bonchev–Trinajstić information content (AvgIpc) is 2.65. The molecule has 0 aliphatic carbocycles. The largest absolute Gasteiger partial charge is 0.326 e. The molecular formula is C20H17FN4O3. The van der Waals surface area contributed by atoms with Crippen molar-refractivity contribution in [1.29, 1.82) is 0 Å². The molecule has 0 unspecified atom stereocenters. The summed E-state index contributed by atoms with van der Waals surface area (Å²) in [7, 11) is 0. The predicted molar refractivity (Wildman–Crippen MR) is 103 cm³/mol. The molecule has 0 radical (unpaired) electrons. The quantitative estimate of drug-likeness (QED) is 0.712. The molecule has 8 heteroatoms. The molecule has 0 bridgehead atoms. The maximum Gasteiger partial charge on any atom is 0.254 e. The maximum atomic E-state index is 13.8. The SMILES string of the molecule is CC(=O)Nc1ccc(NC(=O)Cn2cnc(-c3ccccc3F)cc2=O)cc1. The predicted octanol–water partition coefficient (Wildman–Crippen LogP) is 2.65. The molecule has 0 saturated carbocycles. The third-order valence-electron chi connectivity index (χ3n) is 3.83. The van der Waals surface area contributed by atoms with Crippen molar-refractivity contribution in [2.75, 3.05) is 10.6 Å². The lowest BCUT2D eigenvalue weighted by molar-refractivity contribution is -0.117. The van der Waals surface area contributed by atoms with E-state index in [4.69, 9.17) is 0 Å². The fraction of sp³-hybridized carbons (Fsp3) is 0.100. The number of benzene rings is 2. The van der Waals surface area contributed by atoms with Crippen LogP contribution in [0.4, 0.5) is 15.8 Å². The van der Waals surface area contributed by atoms with Gasteiger partial charge >= 0.3 is 0 Å². The van der Waals surface area contributed by atoms with Crippen molar-refractivity contribution in [1.82, 2.24) is 9.55 Å². The Morgan fingerprint density at radius 1 is 1.04 bits per heavy atom. The van der Waals surface area contributed by atoms with E-state index in [1.165, 1.54) is 31.5 Å². The normalized spacial score (nSPS) is 10.4. The van der Waals surface area contributed by atoms with E-state index in [0.717, 1.165) is 4.57 Å². The molecular weight excluding hydrogens is 363 g/mol. The molecule has 0 aliphatic rings. The summed E-state index contributed by atoms with van der Waals surface area (Å²) in [6.45, 7) is 1.16. The fourth-order valence-corrected chi connectivity index (χ4v) is 2.56. The smallest absolute Gasteiger partial charge is 0.254 e. The molecule has 1 heterocycles. The van der Waals surface area contributed by atoms with Gasteiger partial charge in [-0.2, -0.15) is 0 Å². The Bertz CT molecular complexity index is 1080. The molecule has 2 aromatic carbocycles. The van der Waals surface area contributed by atoms with Crippen molar-refractivity contribution < 1.29 is 14.0 Å². The zero-order chi connectivity index (χ0) is 20.1. The minimum absolute atomic E-state index is 0.192. The van der Waals surface area contributed by atoms with E-state index in [0.29, 0.717) is 11.4 Å². The molecule has 0 atom stereocenters. The first-order valence-corrected chi connectivity index (χ1v) is 8.41. The summed E-state index contributed by atoms with van der Waals surface area (Å²) in [6, 6.07) is 13.8. The summed E-state index contributed by atoms with van der Waals surface area (Å²) >= 11 is 0. The minimum atomic E-state index is -0.479. The number of nitrogens with one attached hydrogen (secondary N) is 2. The molecule has 3 aromatic rings. The van der Waals surface area contributed by atoms with Crippen LogP contribution in [0.1, 0.15) is 6.92 Å². The molecule has 0 fully saturated rings. The molecule has 0 spiro atoms. The average molecular weight is 380 g/mol. The highest BCUT2D eigenvalue weighted by molar-refractivity contribution is 5.92. The maximum absolute atomic E-state index is 13.8. The molecule has 0 saturated heterocycles. The lowest BCUT2D eigenvalue weighted by Gasteiger charge is -2.09. The summed E-state index contributed by atoms with van der Waals surface area (Å²) in [5.74, 6) is -1.09. The van der Waals surface area contributed by atoms with E-state index >= 15 is 0 Å². The monoisotopic (exact) mass is 380 g/mol. The third-order valence-corrected chi connectivity index (χ3v) is 3.83. The Balaban J connectivity index is 1.68. The molecule has 7 nitrogen and oxygen atoms in total. The van der Waals surface area contributed by atoms with E-state index in [9.17, 15) is 18.8 Å². The van der Waals surface area contributed by atoms with Gasteiger partial charge in [0.25, 0.3) is 5.56 Å². The van der Waals surface area contributed by atoms with Crippen LogP contribution in [0, 0.1) is 5.82 Å². The van der Waals surface area contributed by atoms with E-state index < -0.39 is 17.3 Å². The van der Waals surface area contributed by atoms with Gasteiger partial charge < -0.3 is 10.6 Å².